The fourth-order valence-corrected chi connectivity index (χ4v) is 4.92. The van der Waals surface area contributed by atoms with Crippen molar-refractivity contribution in [3.63, 3.8) is 0 Å². The number of hydrogen-bond acceptors (Lipinski definition) is 6. The quantitative estimate of drug-likeness (QED) is 0.234. The molecule has 222 valence electrons. The van der Waals surface area contributed by atoms with Crippen LogP contribution in [0.1, 0.15) is 36.1 Å². The van der Waals surface area contributed by atoms with Gasteiger partial charge in [-0.2, -0.15) is 0 Å². The van der Waals surface area contributed by atoms with Crippen LogP contribution < -0.4 is 10.6 Å². The molecule has 0 saturated carbocycles. The summed E-state index contributed by atoms with van der Waals surface area (Å²) in [5.41, 5.74) is 0.0461. The molecule has 4 rings (SSSR count). The highest BCUT2D eigenvalue weighted by Gasteiger charge is 2.55. The molecule has 0 aliphatic carbocycles. The van der Waals surface area contributed by atoms with Gasteiger partial charge in [0.25, 0.3) is 5.91 Å². The van der Waals surface area contributed by atoms with Crippen LogP contribution in [0.5, 0.6) is 0 Å². The lowest BCUT2D eigenvalue weighted by molar-refractivity contribution is -0.144. The van der Waals surface area contributed by atoms with E-state index in [1.807, 2.05) is 6.07 Å². The summed E-state index contributed by atoms with van der Waals surface area (Å²) >= 11 is 0. The van der Waals surface area contributed by atoms with Crippen LogP contribution in [0.4, 0.5) is 4.79 Å². The molecular weight excluding hydrogens is 556 g/mol. The molecule has 3 aromatic carbocycles. The van der Waals surface area contributed by atoms with Gasteiger partial charge in [-0.05, 0) is 23.6 Å². The maximum atomic E-state index is 13.8. The summed E-state index contributed by atoms with van der Waals surface area (Å²) in [6.07, 6.45) is -0.873. The third kappa shape index (κ3) is 6.70. The number of nitrogens with one attached hydrogen (secondary N) is 2. The van der Waals surface area contributed by atoms with Gasteiger partial charge in [0.05, 0.1) is 6.42 Å². The van der Waals surface area contributed by atoms with Gasteiger partial charge in [-0.15, -0.1) is 0 Å². The van der Waals surface area contributed by atoms with Crippen molar-refractivity contribution < 1.29 is 39.0 Å². The van der Waals surface area contributed by atoms with Crippen LogP contribution in [-0.2, 0) is 36.1 Å². The average molecular weight is 587 g/mol. The Morgan fingerprint density at radius 3 is 1.93 bits per heavy atom. The van der Waals surface area contributed by atoms with Gasteiger partial charge in [-0.25, -0.2) is 9.59 Å². The Kier molecular flexibility index (Phi) is 9.19. The lowest BCUT2D eigenvalue weighted by atomic mass is 9.90. The Bertz CT molecular complexity index is 1520. The number of carbonyl (C=O) groups excluding carboxylic acids is 4. The number of carboxylic acid groups (broad SMARTS) is 2. The predicted octanol–water partition coefficient (Wildman–Crippen LogP) is 2.27. The van der Waals surface area contributed by atoms with Crippen molar-refractivity contribution >= 4 is 35.7 Å². The number of hydrogen-bond donors (Lipinski definition) is 4. The predicted molar refractivity (Wildman–Crippen MR) is 152 cm³/mol. The molecule has 3 atom stereocenters. The summed E-state index contributed by atoms with van der Waals surface area (Å²) in [5, 5.41) is 23.5. The molecule has 12 heteroatoms. The second-order valence-corrected chi connectivity index (χ2v) is 10.1. The molecular formula is C31H30N4O8. The molecule has 0 radical (unpaired) electrons. The van der Waals surface area contributed by atoms with E-state index >= 15 is 0 Å². The number of carboxylic acids is 2. The number of nitrogens with zero attached hydrogens (tertiary/aromatic N) is 2. The number of rotatable bonds is 12. The minimum atomic E-state index is -1.69. The normalized spacial score (nSPS) is 17.7. The van der Waals surface area contributed by atoms with Crippen molar-refractivity contribution in [3.05, 3.63) is 108 Å². The summed E-state index contributed by atoms with van der Waals surface area (Å²) in [5.74, 6) is -5.56. The maximum absolute atomic E-state index is 13.8. The van der Waals surface area contributed by atoms with E-state index in [1.165, 1.54) is 17.0 Å². The van der Waals surface area contributed by atoms with Gasteiger partial charge in [0.15, 0.2) is 6.04 Å². The smallest absolute Gasteiger partial charge is 0.330 e. The summed E-state index contributed by atoms with van der Waals surface area (Å²) in [6.45, 7) is 0.852. The highest BCUT2D eigenvalue weighted by Crippen LogP contribution is 2.38. The fraction of sp³-hybridized carbons (Fsp3) is 0.226. The van der Waals surface area contributed by atoms with Crippen LogP contribution in [0.2, 0.25) is 0 Å². The molecule has 43 heavy (non-hydrogen) atoms. The van der Waals surface area contributed by atoms with E-state index in [4.69, 9.17) is 0 Å². The first-order chi connectivity index (χ1) is 20.5. The van der Waals surface area contributed by atoms with E-state index < -0.39 is 66.3 Å². The molecule has 1 aliphatic rings. The van der Waals surface area contributed by atoms with Gasteiger partial charge >= 0.3 is 18.0 Å². The number of aliphatic carboxylic acids is 2. The fourth-order valence-electron chi connectivity index (χ4n) is 4.92. The lowest BCUT2D eigenvalue weighted by Crippen LogP contribution is -2.52. The Morgan fingerprint density at radius 2 is 1.37 bits per heavy atom. The Hall–Kier alpha value is -5.52. The van der Waals surface area contributed by atoms with Crippen LogP contribution in [0.25, 0.3) is 0 Å². The maximum Gasteiger partial charge on any atom is 0.330 e. The third-order valence-electron chi connectivity index (χ3n) is 7.18. The molecule has 1 saturated heterocycles. The standard InChI is InChI=1S/C31H30N4O8/c1-31(22-15-9-4-10-16-22)29(42)34(30(43)35(31)18-20-11-5-2-6-12-20)19-24(36)32-23(17-25(37)38)27(39)33-26(28(40)41)21-13-7-3-8-14-21/h2-16,23,26H,17-19H2,1H3,(H,32,36)(H,33,39)(H,37,38)(H,40,41). The number of imide groups is 1. The monoisotopic (exact) mass is 586 g/mol. The highest BCUT2D eigenvalue weighted by molar-refractivity contribution is 6.09. The van der Waals surface area contributed by atoms with Crippen LogP contribution in [0.15, 0.2) is 91.0 Å². The van der Waals surface area contributed by atoms with Crippen LogP contribution in [0.3, 0.4) is 0 Å². The molecule has 1 heterocycles. The van der Waals surface area contributed by atoms with Crippen molar-refractivity contribution in [1.82, 2.24) is 20.4 Å². The molecule has 4 N–H and O–H groups in total. The lowest BCUT2D eigenvalue weighted by Gasteiger charge is -2.32. The van der Waals surface area contributed by atoms with E-state index in [2.05, 4.69) is 10.6 Å². The van der Waals surface area contributed by atoms with E-state index in [0.717, 1.165) is 10.5 Å². The first kappa shape index (κ1) is 30.4. The molecule has 12 nitrogen and oxygen atoms in total. The van der Waals surface area contributed by atoms with Gasteiger partial charge in [0.1, 0.15) is 18.1 Å². The third-order valence-corrected chi connectivity index (χ3v) is 7.18. The topological polar surface area (TPSA) is 173 Å². The first-order valence-electron chi connectivity index (χ1n) is 13.3. The van der Waals surface area contributed by atoms with Crippen molar-refractivity contribution in [1.29, 1.82) is 0 Å². The zero-order valence-electron chi connectivity index (χ0n) is 23.2. The second-order valence-electron chi connectivity index (χ2n) is 10.1. The summed E-state index contributed by atoms with van der Waals surface area (Å²) in [7, 11) is 0. The Balaban J connectivity index is 1.55. The molecule has 0 bridgehead atoms. The molecule has 5 amide bonds. The van der Waals surface area contributed by atoms with Gasteiger partial charge in [-0.1, -0.05) is 91.0 Å². The van der Waals surface area contributed by atoms with Gasteiger partial charge in [-0.3, -0.25) is 24.1 Å². The Labute approximate surface area is 246 Å². The zero-order chi connectivity index (χ0) is 31.1. The number of carbonyl (C=O) groups is 6. The van der Waals surface area contributed by atoms with Crippen molar-refractivity contribution in [2.45, 2.75) is 37.5 Å². The van der Waals surface area contributed by atoms with Gasteiger partial charge in [0, 0.05) is 6.54 Å². The largest absolute Gasteiger partial charge is 0.481 e. The molecule has 3 aromatic rings. The van der Waals surface area contributed by atoms with E-state index in [9.17, 15) is 39.0 Å². The van der Waals surface area contributed by atoms with Crippen LogP contribution >= 0.6 is 0 Å². The minimum absolute atomic E-state index is 0.0645. The summed E-state index contributed by atoms with van der Waals surface area (Å²) in [6, 6.07) is 21.4. The van der Waals surface area contributed by atoms with E-state index in [1.54, 1.807) is 79.7 Å². The highest BCUT2D eigenvalue weighted by atomic mass is 16.4. The first-order valence-corrected chi connectivity index (χ1v) is 13.3. The molecule has 1 fully saturated rings. The zero-order valence-corrected chi connectivity index (χ0v) is 23.2. The SMILES string of the molecule is CC1(c2ccccc2)C(=O)N(CC(=O)NC(CC(=O)O)C(=O)NC(C(=O)O)c2ccccc2)C(=O)N1Cc1ccccc1. The number of benzene rings is 3. The average Bonchev–Trinajstić information content (AvgIpc) is 3.17. The number of urea groups is 1. The second kappa shape index (κ2) is 13.0. The van der Waals surface area contributed by atoms with Crippen LogP contribution in [0, 0.1) is 0 Å². The summed E-state index contributed by atoms with van der Waals surface area (Å²) in [4.78, 5) is 79.0. The van der Waals surface area contributed by atoms with Gasteiger partial charge in [0.2, 0.25) is 11.8 Å². The molecule has 0 spiro atoms. The van der Waals surface area contributed by atoms with Gasteiger partial charge < -0.3 is 25.7 Å². The van der Waals surface area contributed by atoms with Crippen molar-refractivity contribution in [3.8, 4) is 0 Å². The Morgan fingerprint density at radius 1 is 0.814 bits per heavy atom. The van der Waals surface area contributed by atoms with E-state index in [0.29, 0.717) is 5.56 Å². The minimum Gasteiger partial charge on any atom is -0.481 e. The molecule has 3 unspecified atom stereocenters. The van der Waals surface area contributed by atoms with E-state index in [-0.39, 0.29) is 12.1 Å². The van der Waals surface area contributed by atoms with Crippen molar-refractivity contribution in [2.75, 3.05) is 6.54 Å². The molecule has 0 aromatic heterocycles. The van der Waals surface area contributed by atoms with Crippen molar-refractivity contribution in [2.24, 2.45) is 0 Å². The van der Waals surface area contributed by atoms with Crippen LogP contribution in [-0.4, -0.2) is 68.3 Å². The molecule has 1 aliphatic heterocycles. The summed E-state index contributed by atoms with van der Waals surface area (Å²) < 4.78 is 0. The number of amides is 5.